The largest absolute Gasteiger partial charge is 0.341 e. The lowest BCUT2D eigenvalue weighted by Gasteiger charge is -2.22. The molecular formula is C16H20N6O2. The molecule has 24 heavy (non-hydrogen) atoms. The van der Waals surface area contributed by atoms with Crippen molar-refractivity contribution in [1.82, 2.24) is 25.0 Å². The molecule has 0 spiro atoms. The van der Waals surface area contributed by atoms with E-state index in [1.165, 1.54) is 0 Å². The van der Waals surface area contributed by atoms with E-state index in [9.17, 15) is 9.59 Å². The van der Waals surface area contributed by atoms with Crippen LogP contribution in [0.5, 0.6) is 0 Å². The van der Waals surface area contributed by atoms with E-state index in [-0.39, 0.29) is 18.0 Å². The Balaban J connectivity index is 1.60. The van der Waals surface area contributed by atoms with E-state index in [0.29, 0.717) is 24.5 Å². The predicted octanol–water partition coefficient (Wildman–Crippen LogP) is 1.40. The molecule has 3 amide bonds. The maximum Gasteiger partial charge on any atom is 0.319 e. The van der Waals surface area contributed by atoms with Crippen LogP contribution < -0.4 is 10.6 Å². The van der Waals surface area contributed by atoms with E-state index >= 15 is 0 Å². The van der Waals surface area contributed by atoms with E-state index < -0.39 is 0 Å². The van der Waals surface area contributed by atoms with Gasteiger partial charge in [0, 0.05) is 44.1 Å². The highest BCUT2D eigenvalue weighted by Gasteiger charge is 2.22. The molecule has 3 heterocycles. The summed E-state index contributed by atoms with van der Waals surface area (Å²) in [5.41, 5.74) is 0.558. The number of likely N-dealkylation sites (tertiary alicyclic amines) is 1. The van der Waals surface area contributed by atoms with Crippen LogP contribution in [0, 0.1) is 0 Å². The lowest BCUT2D eigenvalue weighted by Crippen LogP contribution is -2.44. The Kier molecular flexibility index (Phi) is 4.74. The van der Waals surface area contributed by atoms with Crippen molar-refractivity contribution in [1.29, 1.82) is 0 Å². The fourth-order valence-corrected chi connectivity index (χ4v) is 2.73. The Bertz CT molecular complexity index is 715. The molecule has 0 aliphatic carbocycles. The standard InChI is InChI=1S/C16H20N6O2/c1-12(11-21-9-3-6-14(21)23)19-16(24)20-13-5-2-7-17-15(13)22-10-4-8-18-22/h2,4-5,7-8,10,12H,3,6,9,11H2,1H3,(H2,19,20,24)/t12-/m1/s1. The number of pyridine rings is 1. The van der Waals surface area contributed by atoms with Crippen LogP contribution >= 0.6 is 0 Å². The number of anilines is 1. The van der Waals surface area contributed by atoms with Crippen molar-refractivity contribution in [2.45, 2.75) is 25.8 Å². The topological polar surface area (TPSA) is 92.2 Å². The van der Waals surface area contributed by atoms with Crippen LogP contribution in [0.2, 0.25) is 0 Å². The number of urea groups is 1. The van der Waals surface area contributed by atoms with Gasteiger partial charge >= 0.3 is 6.03 Å². The molecule has 0 unspecified atom stereocenters. The van der Waals surface area contributed by atoms with Gasteiger partial charge in [0.05, 0.1) is 5.69 Å². The van der Waals surface area contributed by atoms with Gasteiger partial charge in [0.2, 0.25) is 5.91 Å². The summed E-state index contributed by atoms with van der Waals surface area (Å²) in [6.07, 6.45) is 6.53. The van der Waals surface area contributed by atoms with Crippen molar-refractivity contribution >= 4 is 17.6 Å². The van der Waals surface area contributed by atoms with Crippen molar-refractivity contribution in [3.05, 3.63) is 36.8 Å². The highest BCUT2D eigenvalue weighted by atomic mass is 16.2. The Morgan fingerprint density at radius 2 is 2.25 bits per heavy atom. The second kappa shape index (κ2) is 7.12. The number of hydrogen-bond acceptors (Lipinski definition) is 4. The number of hydrogen-bond donors (Lipinski definition) is 2. The van der Waals surface area contributed by atoms with Gasteiger partial charge in [-0.1, -0.05) is 0 Å². The first-order valence-electron chi connectivity index (χ1n) is 7.94. The summed E-state index contributed by atoms with van der Waals surface area (Å²) >= 11 is 0. The molecule has 0 radical (unpaired) electrons. The molecular weight excluding hydrogens is 308 g/mol. The van der Waals surface area contributed by atoms with Gasteiger partial charge in [-0.2, -0.15) is 5.10 Å². The fourth-order valence-electron chi connectivity index (χ4n) is 2.73. The number of carbonyl (C=O) groups excluding carboxylic acids is 2. The van der Waals surface area contributed by atoms with Gasteiger partial charge in [-0.25, -0.2) is 14.5 Å². The molecule has 0 bridgehead atoms. The van der Waals surface area contributed by atoms with Crippen LogP contribution in [0.3, 0.4) is 0 Å². The van der Waals surface area contributed by atoms with Gasteiger partial charge in [0.1, 0.15) is 0 Å². The van der Waals surface area contributed by atoms with Crippen LogP contribution in [0.15, 0.2) is 36.8 Å². The van der Waals surface area contributed by atoms with Gasteiger partial charge in [0.25, 0.3) is 0 Å². The number of carbonyl (C=O) groups is 2. The van der Waals surface area contributed by atoms with Crippen molar-refractivity contribution in [2.24, 2.45) is 0 Å². The highest BCUT2D eigenvalue weighted by molar-refractivity contribution is 5.91. The number of rotatable bonds is 5. The van der Waals surface area contributed by atoms with Crippen molar-refractivity contribution < 1.29 is 9.59 Å². The first-order chi connectivity index (χ1) is 11.6. The summed E-state index contributed by atoms with van der Waals surface area (Å²) in [4.78, 5) is 29.9. The third-order valence-electron chi connectivity index (χ3n) is 3.80. The van der Waals surface area contributed by atoms with Crippen molar-refractivity contribution in [3.8, 4) is 5.82 Å². The maximum atomic E-state index is 12.2. The molecule has 1 atom stereocenters. The minimum atomic E-state index is -0.337. The smallest absolute Gasteiger partial charge is 0.319 e. The minimum absolute atomic E-state index is 0.142. The van der Waals surface area contributed by atoms with Crippen LogP contribution in [-0.2, 0) is 4.79 Å². The normalized spacial score (nSPS) is 15.4. The average Bonchev–Trinajstić information content (AvgIpc) is 3.20. The monoisotopic (exact) mass is 328 g/mol. The summed E-state index contributed by atoms with van der Waals surface area (Å²) < 4.78 is 1.59. The molecule has 1 saturated heterocycles. The molecule has 3 rings (SSSR count). The Morgan fingerprint density at radius 3 is 2.96 bits per heavy atom. The number of nitrogens with zero attached hydrogens (tertiary/aromatic N) is 4. The van der Waals surface area contributed by atoms with Crippen LogP contribution in [0.1, 0.15) is 19.8 Å². The van der Waals surface area contributed by atoms with Crippen LogP contribution in [-0.4, -0.2) is 50.7 Å². The summed E-state index contributed by atoms with van der Waals surface area (Å²) in [6, 6.07) is 4.81. The average molecular weight is 328 g/mol. The Hall–Kier alpha value is -2.90. The summed E-state index contributed by atoms with van der Waals surface area (Å²) in [7, 11) is 0. The van der Waals surface area contributed by atoms with E-state index in [0.717, 1.165) is 13.0 Å². The summed E-state index contributed by atoms with van der Waals surface area (Å²) in [5.74, 6) is 0.692. The van der Waals surface area contributed by atoms with E-state index in [1.807, 2.05) is 6.92 Å². The van der Waals surface area contributed by atoms with Gasteiger partial charge in [0.15, 0.2) is 5.82 Å². The van der Waals surface area contributed by atoms with Gasteiger partial charge in [-0.15, -0.1) is 0 Å². The molecule has 0 saturated carbocycles. The molecule has 126 valence electrons. The lowest BCUT2D eigenvalue weighted by molar-refractivity contribution is -0.127. The third-order valence-corrected chi connectivity index (χ3v) is 3.80. The molecule has 0 aromatic carbocycles. The molecule has 1 aliphatic heterocycles. The van der Waals surface area contributed by atoms with Crippen molar-refractivity contribution in [3.63, 3.8) is 0 Å². The van der Waals surface area contributed by atoms with Crippen molar-refractivity contribution in [2.75, 3.05) is 18.4 Å². The van der Waals surface area contributed by atoms with Gasteiger partial charge in [-0.05, 0) is 31.5 Å². The number of amides is 3. The minimum Gasteiger partial charge on any atom is -0.341 e. The lowest BCUT2D eigenvalue weighted by atomic mass is 10.3. The predicted molar refractivity (Wildman–Crippen MR) is 88.8 cm³/mol. The molecule has 1 aliphatic rings. The van der Waals surface area contributed by atoms with Crippen LogP contribution in [0.25, 0.3) is 5.82 Å². The van der Waals surface area contributed by atoms with E-state index in [4.69, 9.17) is 0 Å². The van der Waals surface area contributed by atoms with E-state index in [2.05, 4.69) is 20.7 Å². The molecule has 2 aromatic rings. The molecule has 2 aromatic heterocycles. The maximum absolute atomic E-state index is 12.2. The first kappa shape index (κ1) is 16.0. The summed E-state index contributed by atoms with van der Waals surface area (Å²) in [6.45, 7) is 3.16. The molecule has 1 fully saturated rings. The second-order valence-electron chi connectivity index (χ2n) is 5.77. The van der Waals surface area contributed by atoms with Gasteiger partial charge < -0.3 is 15.5 Å². The first-order valence-corrected chi connectivity index (χ1v) is 7.94. The Labute approximate surface area is 139 Å². The number of aromatic nitrogens is 3. The zero-order valence-corrected chi connectivity index (χ0v) is 13.5. The number of nitrogens with one attached hydrogen (secondary N) is 2. The SMILES string of the molecule is C[C@H](CN1CCCC1=O)NC(=O)Nc1cccnc1-n1cccn1. The quantitative estimate of drug-likeness (QED) is 0.868. The zero-order chi connectivity index (χ0) is 16.9. The third kappa shape index (κ3) is 3.70. The molecule has 2 N–H and O–H groups in total. The zero-order valence-electron chi connectivity index (χ0n) is 13.5. The van der Waals surface area contributed by atoms with Crippen LogP contribution in [0.4, 0.5) is 10.5 Å². The summed E-state index contributed by atoms with van der Waals surface area (Å²) in [5, 5.41) is 9.77. The fraction of sp³-hybridized carbons (Fsp3) is 0.375. The molecule has 8 heteroatoms. The molecule has 8 nitrogen and oxygen atoms in total. The van der Waals surface area contributed by atoms with Gasteiger partial charge in [-0.3, -0.25) is 4.79 Å². The second-order valence-corrected chi connectivity index (χ2v) is 5.77. The van der Waals surface area contributed by atoms with E-state index in [1.54, 1.807) is 46.4 Å². The Morgan fingerprint density at radius 1 is 1.38 bits per heavy atom. The highest BCUT2D eigenvalue weighted by Crippen LogP contribution is 2.16.